The number of hydrogen-bond donors (Lipinski definition) is 6. The number of carbonyl (C=O) groups is 1. The number of halogens is 1. The number of carboxylic acid groups (broad SMARTS) is 1. The molecule has 1 amide bonds. The molecule has 0 unspecified atom stereocenters. The summed E-state index contributed by atoms with van der Waals surface area (Å²) in [5.41, 5.74) is 2.56. The van der Waals surface area contributed by atoms with Crippen LogP contribution in [0.2, 0.25) is 5.02 Å². The van der Waals surface area contributed by atoms with Gasteiger partial charge in [0.05, 0.1) is 28.8 Å². The summed E-state index contributed by atoms with van der Waals surface area (Å²) >= 11 is 6.61. The number of aliphatic hydroxyl groups excluding tert-OH is 1. The highest BCUT2D eigenvalue weighted by molar-refractivity contribution is 7.92. The van der Waals surface area contributed by atoms with E-state index in [9.17, 15) is 33.6 Å². The molecule has 0 radical (unpaired) electrons. The smallest absolute Gasteiger partial charge is 0.412 e. The number of phenolic OH excluding ortho intramolecular Hbond substituents is 2. The minimum Gasteiger partial charge on any atom is -0.508 e. The van der Waals surface area contributed by atoms with Crippen LogP contribution >= 0.6 is 11.6 Å². The van der Waals surface area contributed by atoms with Crippen molar-refractivity contribution in [1.29, 1.82) is 0 Å². The fourth-order valence-electron chi connectivity index (χ4n) is 6.34. The Balaban J connectivity index is 1.09. The highest BCUT2D eigenvalue weighted by atomic mass is 35.5. The number of amides is 1. The van der Waals surface area contributed by atoms with E-state index in [2.05, 4.69) is 14.9 Å². The number of phenols is 2. The molecule has 1 atom stereocenters. The van der Waals surface area contributed by atoms with Crippen molar-refractivity contribution in [1.82, 2.24) is 10.2 Å². The predicted octanol–water partition coefficient (Wildman–Crippen LogP) is 6.79. The van der Waals surface area contributed by atoms with E-state index in [1.807, 2.05) is 12.1 Å². The molecule has 4 rings (SSSR count). The van der Waals surface area contributed by atoms with E-state index in [-0.39, 0.29) is 23.2 Å². The van der Waals surface area contributed by atoms with Crippen molar-refractivity contribution in [3.05, 3.63) is 71.2 Å². The zero-order chi connectivity index (χ0) is 35.4. The number of sulfonamides is 1. The first kappa shape index (κ1) is 38.3. The first-order valence-electron chi connectivity index (χ1n) is 16.9. The number of para-hydroxylation sites is 1. The van der Waals surface area contributed by atoms with Crippen molar-refractivity contribution in [3.8, 4) is 22.6 Å². The Bertz CT molecular complexity index is 1620. The van der Waals surface area contributed by atoms with Gasteiger partial charge >= 0.3 is 6.09 Å². The molecule has 0 bridgehead atoms. The van der Waals surface area contributed by atoms with Gasteiger partial charge in [-0.3, -0.25) is 9.62 Å². The Labute approximate surface area is 294 Å². The van der Waals surface area contributed by atoms with Gasteiger partial charge in [-0.2, -0.15) is 0 Å². The van der Waals surface area contributed by atoms with Gasteiger partial charge in [-0.1, -0.05) is 74.0 Å². The summed E-state index contributed by atoms with van der Waals surface area (Å²) in [6.45, 7) is 3.77. The molecule has 13 heteroatoms. The maximum atomic E-state index is 12.6. The Hall–Kier alpha value is -3.55. The number of likely N-dealkylation sites (tertiary alicyclic amines) is 1. The normalized spacial score (nSPS) is 14.8. The fourth-order valence-corrected chi connectivity index (χ4v) is 7.17. The van der Waals surface area contributed by atoms with Crippen LogP contribution in [-0.2, 0) is 10.0 Å². The van der Waals surface area contributed by atoms with Crippen LogP contribution in [0.3, 0.4) is 0 Å². The van der Waals surface area contributed by atoms with Crippen LogP contribution < -0.4 is 14.9 Å². The van der Waals surface area contributed by atoms with Gasteiger partial charge in [0, 0.05) is 31.2 Å². The van der Waals surface area contributed by atoms with Gasteiger partial charge in [0.15, 0.2) is 0 Å². The molecule has 1 aliphatic rings. The maximum Gasteiger partial charge on any atom is 0.412 e. The van der Waals surface area contributed by atoms with E-state index in [0.29, 0.717) is 22.8 Å². The van der Waals surface area contributed by atoms with Crippen LogP contribution in [0.1, 0.15) is 69.5 Å². The van der Waals surface area contributed by atoms with Crippen LogP contribution in [0.4, 0.5) is 16.2 Å². The summed E-state index contributed by atoms with van der Waals surface area (Å²) in [6.07, 6.45) is 8.47. The number of piperidine rings is 1. The van der Waals surface area contributed by atoms with Crippen molar-refractivity contribution in [2.24, 2.45) is 0 Å². The van der Waals surface area contributed by atoms with E-state index < -0.39 is 22.2 Å². The number of nitrogens with one attached hydrogen (secondary N) is 2. The van der Waals surface area contributed by atoms with Gasteiger partial charge in [0.2, 0.25) is 10.0 Å². The Morgan fingerprint density at radius 3 is 2.27 bits per heavy atom. The average Bonchev–Trinajstić information content (AvgIpc) is 3.05. The minimum absolute atomic E-state index is 0.0437. The standard InChI is InChI=1S/C36H49ClN4O7S/c1-49(47,48)39-32-24-27(14-17-33(32)43)34(44)25-38-20-7-5-3-2-4-6-8-21-40-22-18-28(19-23-40)41(36(45)46)35-30(10-9-11-31(35)37)26-12-15-29(42)16-13-26/h9-17,24,28,34,38-39,42-44H,2-8,18-23,25H2,1H3,(H,45,46)/t34-/m1/s1. The van der Waals surface area contributed by atoms with Crippen molar-refractivity contribution in [2.45, 2.75) is 69.9 Å². The number of aromatic hydroxyl groups is 2. The SMILES string of the molecule is CS(=O)(=O)Nc1cc([C@H](O)CNCCCCCCCCCN2CCC(N(C(=O)O)c3c(Cl)cccc3-c3ccc(O)cc3)CC2)ccc1O. The lowest BCUT2D eigenvalue weighted by atomic mass is 9.98. The third kappa shape index (κ3) is 11.8. The molecule has 0 spiro atoms. The summed E-state index contributed by atoms with van der Waals surface area (Å²) < 4.78 is 25.2. The summed E-state index contributed by atoms with van der Waals surface area (Å²) in [5, 5.41) is 44.0. The first-order chi connectivity index (χ1) is 23.4. The molecular weight excluding hydrogens is 668 g/mol. The quantitative estimate of drug-likeness (QED) is 0.0615. The van der Waals surface area contributed by atoms with Gasteiger partial charge in [0.25, 0.3) is 0 Å². The van der Waals surface area contributed by atoms with Crippen molar-refractivity contribution >= 4 is 39.1 Å². The van der Waals surface area contributed by atoms with Gasteiger partial charge in [0.1, 0.15) is 11.5 Å². The number of anilines is 2. The second kappa shape index (κ2) is 18.4. The molecule has 11 nitrogen and oxygen atoms in total. The van der Waals surface area contributed by atoms with Crippen molar-refractivity contribution in [3.63, 3.8) is 0 Å². The maximum absolute atomic E-state index is 12.6. The lowest BCUT2D eigenvalue weighted by Crippen LogP contribution is -2.47. The predicted molar refractivity (Wildman–Crippen MR) is 195 cm³/mol. The number of nitrogens with zero attached hydrogens (tertiary/aromatic N) is 2. The lowest BCUT2D eigenvalue weighted by Gasteiger charge is -2.38. The van der Waals surface area contributed by atoms with Crippen LogP contribution in [-0.4, -0.2) is 84.9 Å². The lowest BCUT2D eigenvalue weighted by molar-refractivity contribution is 0.174. The largest absolute Gasteiger partial charge is 0.508 e. The third-order valence-electron chi connectivity index (χ3n) is 8.90. The molecule has 3 aromatic rings. The molecule has 6 N–H and O–H groups in total. The molecule has 268 valence electrons. The van der Waals surface area contributed by atoms with Gasteiger partial charge in [-0.15, -0.1) is 0 Å². The average molecular weight is 717 g/mol. The highest BCUT2D eigenvalue weighted by Crippen LogP contribution is 2.40. The minimum atomic E-state index is -3.55. The Morgan fingerprint density at radius 2 is 1.61 bits per heavy atom. The summed E-state index contributed by atoms with van der Waals surface area (Å²) in [6, 6.07) is 16.3. The molecule has 0 aromatic heterocycles. The molecule has 0 aliphatic carbocycles. The fraction of sp³-hybridized carbons (Fsp3) is 0.472. The second-order valence-electron chi connectivity index (χ2n) is 12.8. The molecule has 3 aromatic carbocycles. The van der Waals surface area contributed by atoms with Crippen LogP contribution in [0.5, 0.6) is 11.5 Å². The summed E-state index contributed by atoms with van der Waals surface area (Å²) in [5.74, 6) is -0.0536. The van der Waals surface area contributed by atoms with E-state index in [0.717, 1.165) is 88.5 Å². The van der Waals surface area contributed by atoms with Crippen LogP contribution in [0.25, 0.3) is 11.1 Å². The number of aliphatic hydroxyl groups is 1. The van der Waals surface area contributed by atoms with Gasteiger partial charge in [-0.25, -0.2) is 13.2 Å². The van der Waals surface area contributed by atoms with E-state index in [1.165, 1.54) is 29.9 Å². The number of rotatable bonds is 18. The van der Waals surface area contributed by atoms with Crippen molar-refractivity contribution < 1.29 is 33.6 Å². The van der Waals surface area contributed by atoms with Crippen LogP contribution in [0, 0.1) is 0 Å². The molecule has 1 heterocycles. The molecule has 1 fully saturated rings. The summed E-state index contributed by atoms with van der Waals surface area (Å²) in [7, 11) is -3.55. The Morgan fingerprint density at radius 1 is 0.959 bits per heavy atom. The second-order valence-corrected chi connectivity index (χ2v) is 14.9. The van der Waals surface area contributed by atoms with Crippen LogP contribution in [0.15, 0.2) is 60.7 Å². The van der Waals surface area contributed by atoms with Gasteiger partial charge in [-0.05, 0) is 80.2 Å². The number of unbranched alkanes of at least 4 members (excludes halogenated alkanes) is 6. The van der Waals surface area contributed by atoms with E-state index in [1.54, 1.807) is 36.4 Å². The number of benzene rings is 3. The topological polar surface area (TPSA) is 163 Å². The summed E-state index contributed by atoms with van der Waals surface area (Å²) in [4.78, 5) is 16.4. The van der Waals surface area contributed by atoms with Crippen molar-refractivity contribution in [2.75, 3.05) is 48.6 Å². The molecule has 1 saturated heterocycles. The van der Waals surface area contributed by atoms with Gasteiger partial charge < -0.3 is 30.6 Å². The monoisotopic (exact) mass is 716 g/mol. The first-order valence-corrected chi connectivity index (χ1v) is 19.2. The number of hydrogen-bond acceptors (Lipinski definition) is 8. The molecule has 0 saturated carbocycles. The zero-order valence-corrected chi connectivity index (χ0v) is 29.6. The molecule has 49 heavy (non-hydrogen) atoms. The molecular formula is C36H49ClN4O7S. The van der Waals surface area contributed by atoms with E-state index >= 15 is 0 Å². The Kier molecular flexibility index (Phi) is 14.4. The third-order valence-corrected chi connectivity index (χ3v) is 9.80. The highest BCUT2D eigenvalue weighted by Gasteiger charge is 2.32. The van der Waals surface area contributed by atoms with E-state index in [4.69, 9.17) is 11.6 Å². The molecule has 1 aliphatic heterocycles. The zero-order valence-electron chi connectivity index (χ0n) is 28.0.